The largest absolute Gasteiger partial charge is 0.379 e. The average molecular weight is 754 g/mol. The second-order valence-corrected chi connectivity index (χ2v) is 14.6. The number of sulfone groups is 2. The predicted molar refractivity (Wildman–Crippen MR) is 173 cm³/mol. The van der Waals surface area contributed by atoms with Gasteiger partial charge in [0.15, 0.2) is 19.7 Å². The van der Waals surface area contributed by atoms with Gasteiger partial charge in [-0.1, -0.05) is 26.2 Å². The van der Waals surface area contributed by atoms with Crippen LogP contribution in [0.5, 0.6) is 0 Å². The molecule has 0 aliphatic carbocycles. The van der Waals surface area contributed by atoms with E-state index in [-0.39, 0.29) is 11.5 Å². The summed E-state index contributed by atoms with van der Waals surface area (Å²) in [6, 6.07) is 0. The molecular weight excluding hydrogens is 704 g/mol. The van der Waals surface area contributed by atoms with Gasteiger partial charge in [-0.2, -0.15) is 0 Å². The van der Waals surface area contributed by atoms with Crippen LogP contribution in [-0.2, 0) is 48.1 Å². The van der Waals surface area contributed by atoms with Gasteiger partial charge in [-0.3, -0.25) is 4.90 Å². The smallest absolute Gasteiger partial charge is 0.152 e. The van der Waals surface area contributed by atoms with E-state index in [4.69, 9.17) is 39.5 Å². The van der Waals surface area contributed by atoms with Crippen LogP contribution in [0, 0.1) is 0 Å². The number of azide groups is 2. The van der Waals surface area contributed by atoms with Gasteiger partial charge in [0.25, 0.3) is 0 Å². The normalized spacial score (nSPS) is 17.0. The van der Waals surface area contributed by atoms with Crippen molar-refractivity contribution >= 4 is 35.6 Å². The Bertz CT molecular complexity index is 991. The molecule has 2 fully saturated rings. The zero-order valence-electron chi connectivity index (χ0n) is 25.9. The van der Waals surface area contributed by atoms with Crippen LogP contribution in [0.2, 0.25) is 0 Å². The maximum absolute atomic E-state index is 11.3. The molecule has 0 radical (unpaired) electrons. The highest BCUT2D eigenvalue weighted by atomic mass is 79.9. The van der Waals surface area contributed by atoms with Crippen LogP contribution in [0.15, 0.2) is 10.2 Å². The molecule has 2 rings (SSSR count). The molecule has 0 saturated carbocycles. The van der Waals surface area contributed by atoms with E-state index >= 15 is 0 Å². The molecule has 0 bridgehead atoms. The minimum atomic E-state index is -2.81. The summed E-state index contributed by atoms with van der Waals surface area (Å²) in [4.78, 5) is 7.32. The zero-order valence-corrected chi connectivity index (χ0v) is 29.1. The molecule has 0 unspecified atom stereocenters. The molecule has 1 N–H and O–H groups in total. The van der Waals surface area contributed by atoms with Crippen LogP contribution in [0.1, 0.15) is 0 Å². The van der Waals surface area contributed by atoms with Gasteiger partial charge < -0.3 is 33.7 Å². The number of alkyl halides is 1. The number of hydrogen-bond acceptors (Lipinski definition) is 14. The Labute approximate surface area is 275 Å². The number of nitrogens with one attached hydrogen (secondary N) is 1. The van der Waals surface area contributed by atoms with Crippen molar-refractivity contribution in [2.75, 3.05) is 153 Å². The lowest BCUT2D eigenvalue weighted by atomic mass is 10.5. The van der Waals surface area contributed by atoms with E-state index < -0.39 is 19.7 Å². The summed E-state index contributed by atoms with van der Waals surface area (Å²) in [5.41, 5.74) is 16.0. The van der Waals surface area contributed by atoms with Gasteiger partial charge in [0.2, 0.25) is 0 Å². The molecule has 0 aromatic heterocycles. The lowest BCUT2D eigenvalue weighted by Gasteiger charge is -2.26. The van der Waals surface area contributed by atoms with Gasteiger partial charge in [-0.25, -0.2) is 16.8 Å². The predicted octanol–water partition coefficient (Wildman–Crippen LogP) is 0.823. The van der Waals surface area contributed by atoms with Crippen molar-refractivity contribution in [2.24, 2.45) is 10.2 Å². The molecule has 0 aromatic rings. The molecule has 0 spiro atoms. The number of hydrogen-bond donors (Lipinski definition) is 1. The third-order valence-corrected chi connectivity index (χ3v) is 9.26. The van der Waals surface area contributed by atoms with E-state index in [1.54, 1.807) is 0 Å². The van der Waals surface area contributed by atoms with Crippen molar-refractivity contribution in [3.05, 3.63) is 20.9 Å². The second kappa shape index (κ2) is 31.3. The quantitative estimate of drug-likeness (QED) is 0.0502. The third kappa shape index (κ3) is 32.4. The van der Waals surface area contributed by atoms with Crippen molar-refractivity contribution in [1.82, 2.24) is 10.2 Å². The highest BCUT2D eigenvalue weighted by molar-refractivity contribution is 9.09. The summed E-state index contributed by atoms with van der Waals surface area (Å²) in [6.07, 6.45) is 0. The SMILES string of the molecule is O=S1(=O)CCNCC1.[N-]=[N+]=NCCOCCOCCOCCBr.[N-]=[N+]=NCCOCCOCCOCCN1CCS(=O)(=O)CC1. The minimum absolute atomic E-state index is 0.246. The van der Waals surface area contributed by atoms with E-state index in [0.29, 0.717) is 130 Å². The molecule has 264 valence electrons. The van der Waals surface area contributed by atoms with Gasteiger partial charge in [0.05, 0.1) is 102 Å². The highest BCUT2D eigenvalue weighted by Gasteiger charge is 2.20. The summed E-state index contributed by atoms with van der Waals surface area (Å²) < 4.78 is 75.2. The first-order valence-electron chi connectivity index (χ1n) is 14.6. The van der Waals surface area contributed by atoms with Crippen LogP contribution >= 0.6 is 15.9 Å². The molecule has 2 saturated heterocycles. The van der Waals surface area contributed by atoms with Crippen LogP contribution in [-0.4, -0.2) is 175 Å². The Kier molecular flexibility index (Phi) is 30.4. The van der Waals surface area contributed by atoms with E-state index in [2.05, 4.69) is 46.2 Å². The Morgan fingerprint density at radius 2 is 0.978 bits per heavy atom. The molecule has 0 atom stereocenters. The van der Waals surface area contributed by atoms with Gasteiger partial charge in [-0.15, -0.1) is 0 Å². The standard InChI is InChI=1S/C12H24N4O5S.C8H16BrN3O3.C4H9NO2S/c13-15-14-1-5-19-7-9-21-10-8-20-6-2-16-3-11-22(17,18)12-4-16;9-1-3-13-5-7-15-8-6-14-4-2-11-12-10;6-8(7)3-1-5-2-4-8/h1-12H2;1-8H2;5H,1-4H2. The summed E-state index contributed by atoms with van der Waals surface area (Å²) in [7, 11) is -5.45. The Hall–Kier alpha value is -1.32. The molecule has 0 aromatic carbocycles. The first kappa shape index (κ1) is 43.7. The Balaban J connectivity index is 0.000000721. The van der Waals surface area contributed by atoms with E-state index in [9.17, 15) is 16.8 Å². The topological polar surface area (TPSA) is 236 Å². The van der Waals surface area contributed by atoms with Crippen LogP contribution in [0.25, 0.3) is 20.9 Å². The fraction of sp³-hybridized carbons (Fsp3) is 1.00. The third-order valence-electron chi connectivity index (χ3n) is 5.68. The fourth-order valence-electron chi connectivity index (χ4n) is 3.29. The summed E-state index contributed by atoms with van der Waals surface area (Å²) in [5, 5.41) is 10.5. The first-order chi connectivity index (χ1) is 21.8. The maximum atomic E-state index is 11.3. The van der Waals surface area contributed by atoms with Crippen molar-refractivity contribution in [3.8, 4) is 0 Å². The molecule has 18 nitrogen and oxygen atoms in total. The Morgan fingerprint density at radius 3 is 1.36 bits per heavy atom. The maximum Gasteiger partial charge on any atom is 0.152 e. The molecule has 2 aliphatic heterocycles. The number of ether oxygens (including phenoxy) is 6. The lowest BCUT2D eigenvalue weighted by Crippen LogP contribution is -2.41. The molecular formula is C24H49BrN8O10S2. The number of halogens is 1. The van der Waals surface area contributed by atoms with Crippen LogP contribution < -0.4 is 5.32 Å². The van der Waals surface area contributed by atoms with Crippen molar-refractivity contribution in [2.45, 2.75) is 0 Å². The van der Waals surface area contributed by atoms with Crippen molar-refractivity contribution in [3.63, 3.8) is 0 Å². The van der Waals surface area contributed by atoms with Gasteiger partial charge in [0.1, 0.15) is 0 Å². The van der Waals surface area contributed by atoms with E-state index in [1.165, 1.54) is 0 Å². The molecule has 2 aliphatic rings. The van der Waals surface area contributed by atoms with E-state index in [0.717, 1.165) is 11.9 Å². The van der Waals surface area contributed by atoms with Crippen molar-refractivity contribution in [1.29, 1.82) is 0 Å². The summed E-state index contributed by atoms with van der Waals surface area (Å²) in [5.74, 6) is 1.12. The second-order valence-electron chi connectivity index (χ2n) is 9.17. The van der Waals surface area contributed by atoms with Gasteiger partial charge in [0, 0.05) is 61.0 Å². The first-order valence-corrected chi connectivity index (χ1v) is 19.4. The van der Waals surface area contributed by atoms with Crippen molar-refractivity contribution < 1.29 is 45.3 Å². The number of rotatable bonds is 23. The Morgan fingerprint density at radius 1 is 0.600 bits per heavy atom. The average Bonchev–Trinajstić information content (AvgIpc) is 3.02. The highest BCUT2D eigenvalue weighted by Crippen LogP contribution is 2.03. The van der Waals surface area contributed by atoms with Crippen LogP contribution in [0.4, 0.5) is 0 Å². The fourth-order valence-corrected chi connectivity index (χ4v) is 5.91. The molecule has 45 heavy (non-hydrogen) atoms. The van der Waals surface area contributed by atoms with Gasteiger partial charge in [-0.05, 0) is 11.1 Å². The summed E-state index contributed by atoms with van der Waals surface area (Å²) in [6.45, 7) is 10.2. The van der Waals surface area contributed by atoms with Crippen LogP contribution in [0.3, 0.4) is 0 Å². The summed E-state index contributed by atoms with van der Waals surface area (Å²) >= 11 is 3.25. The molecule has 21 heteroatoms. The number of nitrogens with zero attached hydrogens (tertiary/aromatic N) is 7. The minimum Gasteiger partial charge on any atom is -0.379 e. The monoisotopic (exact) mass is 752 g/mol. The van der Waals surface area contributed by atoms with E-state index in [1.807, 2.05) is 0 Å². The molecule has 0 amide bonds. The molecule has 2 heterocycles. The zero-order chi connectivity index (χ0) is 33.3. The van der Waals surface area contributed by atoms with Gasteiger partial charge >= 0.3 is 0 Å². The lowest BCUT2D eigenvalue weighted by molar-refractivity contribution is 0.0122.